The average Bonchev–Trinajstić information content (AvgIpc) is 1.08. The Morgan fingerprint density at radius 1 is 0.506 bits per heavy atom. The van der Waals surface area contributed by atoms with Gasteiger partial charge < -0.3 is 26.8 Å². The molecule has 0 atom stereocenters. The number of sulfone groups is 1. The number of benzene rings is 6. The third-order valence-corrected chi connectivity index (χ3v) is 18.4. The Balaban J connectivity index is 1.29. The first-order valence-corrected chi connectivity index (χ1v) is 32.7. The Morgan fingerprint density at radius 3 is 1.59 bits per heavy atom. The highest BCUT2D eigenvalue weighted by Gasteiger charge is 2.32. The van der Waals surface area contributed by atoms with E-state index < -0.39 is 193 Å². The predicted molar refractivity (Wildman–Crippen MR) is 281 cm³/mol. The Hall–Kier alpha value is -7.93. The van der Waals surface area contributed by atoms with Crippen molar-refractivity contribution in [3.8, 4) is 5.75 Å². The number of primary amides is 1. The van der Waals surface area contributed by atoms with Crippen molar-refractivity contribution in [3.05, 3.63) is 90.1 Å². The molecule has 0 aliphatic heterocycles. The summed E-state index contributed by atoms with van der Waals surface area (Å²) in [6.07, 6.45) is 0. The summed E-state index contributed by atoms with van der Waals surface area (Å²) in [6, 6.07) is 5.98. The molecule has 36 nitrogen and oxygen atoms in total. The number of hydrogen-bond acceptors (Lipinski definition) is 27. The van der Waals surface area contributed by atoms with Crippen molar-refractivity contribution >= 4 is 172 Å². The van der Waals surface area contributed by atoms with E-state index >= 15 is 0 Å². The van der Waals surface area contributed by atoms with Gasteiger partial charge in [0.2, 0.25) is 27.0 Å². The zero-order valence-electron chi connectivity index (χ0n) is 39.6. The highest BCUT2D eigenvalue weighted by Crippen LogP contribution is 2.46. The van der Waals surface area contributed by atoms with Gasteiger partial charge in [-0.1, -0.05) is 6.58 Å². The number of azo groups is 2. The molecule has 0 radical (unpaired) electrons. The van der Waals surface area contributed by atoms with Crippen molar-refractivity contribution in [1.29, 1.82) is 0 Å². The van der Waals surface area contributed by atoms with Gasteiger partial charge in [0.05, 0.1) is 21.2 Å². The molecule has 2 amide bonds. The molecular formula is C38H28ClN11O25S8. The maximum atomic E-state index is 13.1. The van der Waals surface area contributed by atoms with E-state index in [9.17, 15) is 109 Å². The molecule has 6 aromatic carbocycles. The lowest BCUT2D eigenvalue weighted by atomic mass is 10.1. The SMILES string of the molecule is C=CS(=O)(=O)c1cc(N=Nc2c(S(=O)(=O)O)cc3c(S(=O)(=O)O)c(Nc4nc(Cl)nc(Nc5ccc(N=Nc6cc7c(S(=O)(=O)O)cc(S(=O)(=O)O)cc7cc6S(=O)(=O)O)c(NC(N)=O)c5)n4)ccc3c2O)c(S(=O)(=O)O)cc1S(=O)(=O)O. The van der Waals surface area contributed by atoms with Crippen LogP contribution in [0.2, 0.25) is 5.28 Å². The maximum Gasteiger partial charge on any atom is 0.316 e. The first-order valence-electron chi connectivity index (χ1n) is 20.7. The Labute approximate surface area is 469 Å². The topological polar surface area (TPSA) is 602 Å². The van der Waals surface area contributed by atoms with Crippen LogP contribution in [0.1, 0.15) is 0 Å². The van der Waals surface area contributed by atoms with Crippen LogP contribution in [-0.4, -0.2) is 125 Å². The molecule has 7 rings (SSSR count). The van der Waals surface area contributed by atoms with E-state index in [1.165, 1.54) is 0 Å². The van der Waals surface area contributed by atoms with E-state index in [1.54, 1.807) is 0 Å². The van der Waals surface area contributed by atoms with Crippen molar-refractivity contribution in [3.63, 3.8) is 0 Å². The van der Waals surface area contributed by atoms with Crippen LogP contribution >= 0.6 is 11.6 Å². The van der Waals surface area contributed by atoms with Gasteiger partial charge in [-0.05, 0) is 89.8 Å². The quantitative estimate of drug-likeness (QED) is 0.0397. The summed E-state index contributed by atoms with van der Waals surface area (Å²) in [4.78, 5) is 12.8. The number of aromatic hydroxyl groups is 1. The second-order valence-corrected chi connectivity index (χ2v) is 27.9. The van der Waals surface area contributed by atoms with Crippen molar-refractivity contribution in [1.82, 2.24) is 15.0 Å². The van der Waals surface area contributed by atoms with E-state index in [4.69, 9.17) is 17.3 Å². The number of anilines is 5. The minimum Gasteiger partial charge on any atom is -0.505 e. The van der Waals surface area contributed by atoms with Crippen LogP contribution in [0.25, 0.3) is 21.5 Å². The van der Waals surface area contributed by atoms with Crippen molar-refractivity contribution in [2.45, 2.75) is 39.2 Å². The molecule has 1 heterocycles. The van der Waals surface area contributed by atoms with Gasteiger partial charge in [-0.15, -0.1) is 20.5 Å². The van der Waals surface area contributed by atoms with Crippen molar-refractivity contribution in [2.75, 3.05) is 16.0 Å². The fourth-order valence-electron chi connectivity index (χ4n) is 7.21. The Kier molecular flexibility index (Phi) is 16.4. The molecule has 0 bridgehead atoms. The lowest BCUT2D eigenvalue weighted by Gasteiger charge is -2.15. The van der Waals surface area contributed by atoms with Gasteiger partial charge in [-0.25, -0.2) is 13.2 Å². The minimum atomic E-state index is -5.76. The largest absolute Gasteiger partial charge is 0.505 e. The molecule has 13 N–H and O–H groups in total. The molecule has 45 heteroatoms. The van der Waals surface area contributed by atoms with Crippen molar-refractivity contribution in [2.24, 2.45) is 26.2 Å². The zero-order chi connectivity index (χ0) is 62.1. The molecule has 0 aliphatic rings. The second-order valence-electron chi connectivity index (χ2n) is 16.0. The fourth-order valence-corrected chi connectivity index (χ4v) is 13.6. The third kappa shape index (κ3) is 13.8. The number of aromatic nitrogens is 3. The number of carbonyl (C=O) groups is 1. The van der Waals surface area contributed by atoms with Gasteiger partial charge in [0.1, 0.15) is 52.1 Å². The van der Waals surface area contributed by atoms with E-state index in [1.807, 2.05) is 0 Å². The fraction of sp³-hybridized carbons (Fsp3) is 0. The smallest absolute Gasteiger partial charge is 0.316 e. The third-order valence-electron chi connectivity index (χ3n) is 10.5. The molecule has 0 spiro atoms. The molecule has 440 valence electrons. The molecular weight excluding hydrogens is 1300 g/mol. The molecule has 0 aliphatic carbocycles. The van der Waals surface area contributed by atoms with Crippen molar-refractivity contribution < 1.29 is 109 Å². The second kappa shape index (κ2) is 21.7. The van der Waals surface area contributed by atoms with Crippen LogP contribution in [-0.2, 0) is 80.7 Å². The number of amides is 2. The normalized spacial score (nSPS) is 13.2. The van der Waals surface area contributed by atoms with Gasteiger partial charge in [-0.3, -0.25) is 31.9 Å². The van der Waals surface area contributed by atoms with E-state index in [2.05, 4.69) is 57.9 Å². The number of nitrogens with two attached hydrogens (primary N) is 1. The zero-order valence-corrected chi connectivity index (χ0v) is 46.9. The highest BCUT2D eigenvalue weighted by molar-refractivity contribution is 7.95. The number of fused-ring (bicyclic) bond motifs is 2. The lowest BCUT2D eigenvalue weighted by molar-refractivity contribution is 0.259. The molecule has 1 aromatic heterocycles. The van der Waals surface area contributed by atoms with E-state index in [0.29, 0.717) is 24.3 Å². The molecule has 0 unspecified atom stereocenters. The molecule has 0 saturated heterocycles. The monoisotopic (exact) mass is 1330 g/mol. The first-order chi connectivity index (χ1) is 37.9. The van der Waals surface area contributed by atoms with Gasteiger partial charge >= 0.3 is 6.03 Å². The number of halogens is 1. The van der Waals surface area contributed by atoms with Crippen LogP contribution in [0.4, 0.5) is 56.5 Å². The number of phenolic OH excluding ortho intramolecular Hbond substituents is 1. The maximum absolute atomic E-state index is 13.1. The number of carbonyl (C=O) groups excluding carboxylic acids is 1. The predicted octanol–water partition coefficient (Wildman–Crippen LogP) is 4.99. The summed E-state index contributed by atoms with van der Waals surface area (Å²) in [6.45, 7) is 2.97. The first kappa shape index (κ1) is 62.7. The molecule has 7 aromatic rings. The van der Waals surface area contributed by atoms with Crippen LogP contribution in [0.15, 0.2) is 144 Å². The summed E-state index contributed by atoms with van der Waals surface area (Å²) in [5, 5.41) is 29.3. The standard InChI is InChI=1S/C38H28ClN11O25S8/c1-2-76(53,54)29-13-25(28(80(64,65)66)14-30(29)81(67,68)69)49-50-32-31(82(70,71)72)12-20-18(33(32)51)4-6-22(34(20)83(73,74)75)43-38-45-35(39)44-37(46-38)41-16-3-5-21(23(9-16)42-36(40)52)47-48-24-11-19-15(8-27(24)79(61,62)63)7-17(77(55,56)57)10-26(19)78(58,59)60/h2-14,51H,1H2,(H3,40,42,52)(H,55,56,57)(H,58,59,60)(H,61,62,63)(H,64,65,66)(H,67,68,69)(H,70,71,72)(H,73,74,75)(H2,41,43,44,45,46). The van der Waals surface area contributed by atoms with E-state index in [0.717, 1.165) is 30.3 Å². The number of hydrogen-bond donors (Lipinski definition) is 12. The Morgan fingerprint density at radius 2 is 1.05 bits per heavy atom. The number of rotatable bonds is 18. The van der Waals surface area contributed by atoms with Gasteiger partial charge in [0.15, 0.2) is 5.75 Å². The van der Waals surface area contributed by atoms with Crippen LogP contribution in [0, 0.1) is 0 Å². The molecule has 83 heavy (non-hydrogen) atoms. The van der Waals surface area contributed by atoms with Crippen LogP contribution in [0.5, 0.6) is 5.75 Å². The summed E-state index contributed by atoms with van der Waals surface area (Å²) in [5.41, 5.74) is 0.135. The average molecular weight is 1330 g/mol. The number of nitrogens with one attached hydrogen (secondary N) is 3. The van der Waals surface area contributed by atoms with Gasteiger partial charge in [-0.2, -0.15) is 73.9 Å². The lowest BCUT2D eigenvalue weighted by Crippen LogP contribution is -2.19. The number of nitrogens with zero attached hydrogens (tertiary/aromatic N) is 7. The van der Waals surface area contributed by atoms with Gasteiger partial charge in [0, 0.05) is 27.3 Å². The summed E-state index contributed by atoms with van der Waals surface area (Å²) in [7, 11) is -43.5. The summed E-state index contributed by atoms with van der Waals surface area (Å²) >= 11 is 6.14. The summed E-state index contributed by atoms with van der Waals surface area (Å²) in [5.74, 6) is -2.68. The number of urea groups is 1. The minimum absolute atomic E-state index is 0.0852. The highest BCUT2D eigenvalue weighted by atomic mass is 35.5. The van der Waals surface area contributed by atoms with E-state index in [-0.39, 0.29) is 40.7 Å². The molecule has 0 saturated carbocycles. The number of phenols is 1. The Bertz CT molecular complexity index is 5070. The van der Waals surface area contributed by atoms with Crippen LogP contribution < -0.4 is 21.7 Å². The molecule has 0 fully saturated rings. The van der Waals surface area contributed by atoms with Gasteiger partial charge in [0.25, 0.3) is 70.8 Å². The van der Waals surface area contributed by atoms with Crippen LogP contribution in [0.3, 0.4) is 0 Å². The summed E-state index contributed by atoms with van der Waals surface area (Å²) < 4.78 is 269.